The number of ether oxygens (including phenoxy) is 2. The second kappa shape index (κ2) is 9.24. The first-order valence-corrected chi connectivity index (χ1v) is 12.5. The largest absolute Gasteiger partial charge is 0.495 e. The summed E-state index contributed by atoms with van der Waals surface area (Å²) < 4.78 is 41.4. The van der Waals surface area contributed by atoms with E-state index in [0.29, 0.717) is 33.5 Å². The average molecular weight is 487 g/mol. The van der Waals surface area contributed by atoms with Crippen LogP contribution in [0.4, 0.5) is 5.13 Å². The van der Waals surface area contributed by atoms with Crippen molar-refractivity contribution in [3.8, 4) is 11.5 Å². The molecule has 4 rings (SSSR count). The fourth-order valence-corrected chi connectivity index (χ4v) is 5.26. The first kappa shape index (κ1) is 22.8. The van der Waals surface area contributed by atoms with E-state index < -0.39 is 9.84 Å². The summed E-state index contributed by atoms with van der Waals surface area (Å²) in [4.78, 5) is 19.9. The van der Waals surface area contributed by atoms with E-state index in [1.165, 1.54) is 46.8 Å². The second-order valence-electron chi connectivity index (χ2n) is 7.04. The van der Waals surface area contributed by atoms with E-state index in [1.807, 2.05) is 0 Å². The molecule has 8 nitrogen and oxygen atoms in total. The highest BCUT2D eigenvalue weighted by molar-refractivity contribution is 7.91. The van der Waals surface area contributed by atoms with Gasteiger partial charge in [-0.05, 0) is 48.5 Å². The number of carbonyl (C=O) groups is 1. The van der Waals surface area contributed by atoms with E-state index in [0.717, 1.165) is 4.70 Å². The Hall–Kier alpha value is -3.37. The van der Waals surface area contributed by atoms with Crippen LogP contribution in [0.25, 0.3) is 10.2 Å². The van der Waals surface area contributed by atoms with Gasteiger partial charge in [-0.25, -0.2) is 13.4 Å². The molecule has 0 aliphatic heterocycles. The number of carbonyl (C=O) groups excluding carboxylic acids is 1. The predicted molar refractivity (Wildman–Crippen MR) is 126 cm³/mol. The first-order valence-electron chi connectivity index (χ1n) is 10.1. The molecule has 172 valence electrons. The highest BCUT2D eigenvalue weighted by atomic mass is 32.2. The van der Waals surface area contributed by atoms with Crippen molar-refractivity contribution >= 4 is 42.4 Å². The van der Waals surface area contributed by atoms with E-state index in [1.54, 1.807) is 45.4 Å². The molecule has 0 spiro atoms. The third-order valence-electron chi connectivity index (χ3n) is 5.11. The van der Waals surface area contributed by atoms with Crippen LogP contribution in [0.5, 0.6) is 11.5 Å². The monoisotopic (exact) mass is 486 g/mol. The number of furan rings is 1. The average Bonchev–Trinajstić information content (AvgIpc) is 3.51. The summed E-state index contributed by atoms with van der Waals surface area (Å²) in [5.74, 6) is 1.40. The van der Waals surface area contributed by atoms with Crippen LogP contribution in [-0.2, 0) is 16.4 Å². The molecule has 0 bridgehead atoms. The highest BCUT2D eigenvalue weighted by Gasteiger charge is 2.25. The lowest BCUT2D eigenvalue weighted by atomic mass is 10.2. The maximum absolute atomic E-state index is 13.5. The van der Waals surface area contributed by atoms with E-state index >= 15 is 0 Å². The minimum absolute atomic E-state index is 0.0136. The second-order valence-corrected chi connectivity index (χ2v) is 10.3. The summed E-state index contributed by atoms with van der Waals surface area (Å²) in [6.07, 6.45) is 1.53. The van der Waals surface area contributed by atoms with Crippen LogP contribution in [0, 0.1) is 0 Å². The summed E-state index contributed by atoms with van der Waals surface area (Å²) in [6.45, 7) is 1.72. The lowest BCUT2D eigenvalue weighted by molar-refractivity contribution is 0.0983. The summed E-state index contributed by atoms with van der Waals surface area (Å²) in [5.41, 5.74) is 0.910. The predicted octanol–water partition coefficient (Wildman–Crippen LogP) is 4.55. The molecule has 10 heteroatoms. The molecule has 1 amide bonds. The van der Waals surface area contributed by atoms with Crippen molar-refractivity contribution in [1.82, 2.24) is 4.98 Å². The molecular weight excluding hydrogens is 464 g/mol. The molecule has 0 atom stereocenters. The number of methoxy groups -OCH3 is 2. The Bertz CT molecular complexity index is 1340. The molecular formula is C23H22N2O6S2. The minimum Gasteiger partial charge on any atom is -0.495 e. The Balaban J connectivity index is 1.78. The van der Waals surface area contributed by atoms with Gasteiger partial charge in [0.05, 0.1) is 37.7 Å². The number of rotatable bonds is 8. The van der Waals surface area contributed by atoms with Crippen molar-refractivity contribution in [2.45, 2.75) is 18.4 Å². The number of amides is 1. The number of hydrogen-bond donors (Lipinski definition) is 0. The van der Waals surface area contributed by atoms with Gasteiger partial charge < -0.3 is 13.9 Å². The van der Waals surface area contributed by atoms with Crippen molar-refractivity contribution < 1.29 is 27.1 Å². The minimum atomic E-state index is -3.36. The van der Waals surface area contributed by atoms with E-state index in [-0.39, 0.29) is 23.1 Å². The lowest BCUT2D eigenvalue weighted by Gasteiger charge is -2.19. The molecule has 0 aliphatic rings. The Morgan fingerprint density at radius 2 is 1.76 bits per heavy atom. The Kier molecular flexibility index (Phi) is 6.39. The highest BCUT2D eigenvalue weighted by Crippen LogP contribution is 2.40. The van der Waals surface area contributed by atoms with Crippen LogP contribution in [0.1, 0.15) is 23.0 Å². The quantitative estimate of drug-likeness (QED) is 0.360. The molecule has 0 radical (unpaired) electrons. The van der Waals surface area contributed by atoms with E-state index in [9.17, 15) is 13.2 Å². The van der Waals surface area contributed by atoms with Crippen molar-refractivity contribution in [3.05, 3.63) is 66.1 Å². The number of aromatic nitrogens is 1. The normalized spacial score (nSPS) is 11.5. The van der Waals surface area contributed by atoms with Gasteiger partial charge in [-0.3, -0.25) is 9.69 Å². The standard InChI is InChI=1S/C23H22N2O6S2/c1-4-33(27,28)17-9-7-15(8-10-17)22(26)25(14-16-6-5-13-31-16)23-24-20-18(29-2)11-12-19(30-3)21(20)32-23/h5-13H,4,14H2,1-3H3. The van der Waals surface area contributed by atoms with Gasteiger partial charge in [-0.2, -0.15) is 0 Å². The summed E-state index contributed by atoms with van der Waals surface area (Å²) in [7, 11) is -0.244. The van der Waals surface area contributed by atoms with Gasteiger partial charge in [-0.15, -0.1) is 0 Å². The number of sulfone groups is 1. The molecule has 0 aliphatic carbocycles. The van der Waals surface area contributed by atoms with Crippen molar-refractivity contribution in [2.24, 2.45) is 0 Å². The molecule has 4 aromatic rings. The van der Waals surface area contributed by atoms with Gasteiger partial charge in [0.25, 0.3) is 5.91 Å². The summed E-state index contributed by atoms with van der Waals surface area (Å²) >= 11 is 1.29. The number of fused-ring (bicyclic) bond motifs is 1. The third-order valence-corrected chi connectivity index (χ3v) is 7.95. The van der Waals surface area contributed by atoms with Gasteiger partial charge in [-0.1, -0.05) is 18.3 Å². The molecule has 33 heavy (non-hydrogen) atoms. The maximum Gasteiger partial charge on any atom is 0.260 e. The number of thiazole rings is 1. The van der Waals surface area contributed by atoms with Crippen molar-refractivity contribution in [3.63, 3.8) is 0 Å². The van der Waals surface area contributed by atoms with Gasteiger partial charge in [0.15, 0.2) is 15.0 Å². The molecule has 0 unspecified atom stereocenters. The van der Waals surface area contributed by atoms with Crippen LogP contribution in [-0.4, -0.2) is 39.3 Å². The van der Waals surface area contributed by atoms with Crippen LogP contribution in [0.2, 0.25) is 0 Å². The molecule has 0 saturated heterocycles. The zero-order valence-electron chi connectivity index (χ0n) is 18.3. The smallest absolute Gasteiger partial charge is 0.260 e. The maximum atomic E-state index is 13.5. The van der Waals surface area contributed by atoms with E-state index in [2.05, 4.69) is 4.98 Å². The SMILES string of the molecule is CCS(=O)(=O)c1ccc(C(=O)N(Cc2ccco2)c2nc3c(OC)ccc(OC)c3s2)cc1. The number of anilines is 1. The van der Waals surface area contributed by atoms with Crippen LogP contribution in [0.15, 0.2) is 64.1 Å². The van der Waals surface area contributed by atoms with Crippen LogP contribution < -0.4 is 14.4 Å². The number of benzene rings is 2. The summed E-state index contributed by atoms with van der Waals surface area (Å²) in [6, 6.07) is 13.0. The van der Waals surface area contributed by atoms with Gasteiger partial charge in [0.1, 0.15) is 27.5 Å². The third kappa shape index (κ3) is 4.44. The van der Waals surface area contributed by atoms with Crippen LogP contribution in [0.3, 0.4) is 0 Å². The molecule has 0 N–H and O–H groups in total. The van der Waals surface area contributed by atoms with Crippen molar-refractivity contribution in [2.75, 3.05) is 24.9 Å². The Labute approximate surface area is 195 Å². The number of nitrogens with zero attached hydrogens (tertiary/aromatic N) is 2. The Morgan fingerprint density at radius 1 is 1.06 bits per heavy atom. The molecule has 0 fully saturated rings. The summed E-state index contributed by atoms with van der Waals surface area (Å²) in [5, 5.41) is 0.430. The van der Waals surface area contributed by atoms with Gasteiger partial charge >= 0.3 is 0 Å². The number of hydrogen-bond acceptors (Lipinski definition) is 8. The zero-order valence-corrected chi connectivity index (χ0v) is 19.9. The van der Waals surface area contributed by atoms with Gasteiger partial charge in [0, 0.05) is 5.56 Å². The van der Waals surface area contributed by atoms with Crippen LogP contribution >= 0.6 is 11.3 Å². The zero-order chi connectivity index (χ0) is 23.6. The first-order chi connectivity index (χ1) is 15.9. The van der Waals surface area contributed by atoms with Crippen molar-refractivity contribution in [1.29, 1.82) is 0 Å². The fourth-order valence-electron chi connectivity index (χ4n) is 3.30. The topological polar surface area (TPSA) is 98.9 Å². The lowest BCUT2D eigenvalue weighted by Crippen LogP contribution is -2.30. The van der Waals surface area contributed by atoms with Gasteiger partial charge in [0.2, 0.25) is 0 Å². The molecule has 2 heterocycles. The fraction of sp³-hybridized carbons (Fsp3) is 0.217. The molecule has 2 aromatic carbocycles. The molecule has 0 saturated carbocycles. The molecule has 2 aromatic heterocycles. The van der Waals surface area contributed by atoms with E-state index in [4.69, 9.17) is 13.9 Å². The Morgan fingerprint density at radius 3 is 2.36 bits per heavy atom.